The maximum Gasteiger partial charge on any atom is 0.143 e. The van der Waals surface area contributed by atoms with Crippen molar-refractivity contribution in [2.45, 2.75) is 0 Å². The molecular weight excluding hydrogens is 548 g/mol. The Hall–Kier alpha value is -6.06. The van der Waals surface area contributed by atoms with Crippen LogP contribution >= 0.6 is 0 Å². The number of pyridine rings is 2. The predicted molar refractivity (Wildman–Crippen MR) is 186 cm³/mol. The third kappa shape index (κ3) is 4.21. The number of hydrogen-bond donors (Lipinski definition) is 0. The highest BCUT2D eigenvalue weighted by atomic mass is 16.3. The van der Waals surface area contributed by atoms with E-state index in [1.807, 2.05) is 24.4 Å². The first-order valence-electron chi connectivity index (χ1n) is 15.2. The zero-order valence-electron chi connectivity index (χ0n) is 24.3. The summed E-state index contributed by atoms with van der Waals surface area (Å²) in [5, 5.41) is 4.44. The molecule has 0 fully saturated rings. The van der Waals surface area contributed by atoms with Crippen LogP contribution in [-0.2, 0) is 0 Å². The molecule has 0 N–H and O–H groups in total. The van der Waals surface area contributed by atoms with E-state index in [0.29, 0.717) is 0 Å². The third-order valence-corrected chi connectivity index (χ3v) is 8.76. The van der Waals surface area contributed by atoms with Crippen LogP contribution in [0, 0.1) is 0 Å². The number of para-hydroxylation sites is 2. The fourth-order valence-electron chi connectivity index (χ4n) is 6.57. The number of furan rings is 1. The monoisotopic (exact) mass is 574 g/mol. The van der Waals surface area contributed by atoms with Crippen molar-refractivity contribution in [2.24, 2.45) is 0 Å². The van der Waals surface area contributed by atoms with Crippen LogP contribution in [0.5, 0.6) is 0 Å². The number of hydrogen-bond acceptors (Lipinski definition) is 3. The van der Waals surface area contributed by atoms with Gasteiger partial charge in [0, 0.05) is 38.9 Å². The number of nitrogens with zero attached hydrogens (tertiary/aromatic N) is 2. The van der Waals surface area contributed by atoms with Crippen LogP contribution in [0.4, 0.5) is 0 Å². The van der Waals surface area contributed by atoms with Gasteiger partial charge >= 0.3 is 0 Å². The minimum absolute atomic E-state index is 0.901. The van der Waals surface area contributed by atoms with Crippen molar-refractivity contribution >= 4 is 43.7 Å². The van der Waals surface area contributed by atoms with Gasteiger partial charge in [-0.15, -0.1) is 0 Å². The van der Waals surface area contributed by atoms with Crippen LogP contribution in [0.15, 0.2) is 162 Å². The Kier molecular flexibility index (Phi) is 5.82. The Bertz CT molecular complexity index is 2510. The van der Waals surface area contributed by atoms with Gasteiger partial charge in [-0.2, -0.15) is 0 Å². The van der Waals surface area contributed by atoms with Gasteiger partial charge in [0.05, 0.1) is 16.7 Å². The van der Waals surface area contributed by atoms with Crippen LogP contribution in [0.25, 0.3) is 88.4 Å². The molecule has 0 atom stereocenters. The lowest BCUT2D eigenvalue weighted by molar-refractivity contribution is 0.670. The van der Waals surface area contributed by atoms with Gasteiger partial charge < -0.3 is 4.42 Å². The second-order valence-corrected chi connectivity index (χ2v) is 11.4. The van der Waals surface area contributed by atoms with E-state index in [4.69, 9.17) is 14.4 Å². The molecule has 0 aliphatic carbocycles. The van der Waals surface area contributed by atoms with E-state index in [0.717, 1.165) is 82.8 Å². The van der Waals surface area contributed by atoms with Gasteiger partial charge in [0.2, 0.25) is 0 Å². The van der Waals surface area contributed by atoms with Crippen molar-refractivity contribution in [1.82, 2.24) is 9.97 Å². The molecule has 6 aromatic carbocycles. The first-order valence-corrected chi connectivity index (χ1v) is 15.2. The smallest absolute Gasteiger partial charge is 0.143 e. The van der Waals surface area contributed by atoms with Crippen LogP contribution in [-0.4, -0.2) is 9.97 Å². The normalized spacial score (nSPS) is 11.6. The summed E-state index contributed by atoms with van der Waals surface area (Å²) in [5.74, 6) is 0. The number of benzene rings is 6. The molecule has 0 bridgehead atoms. The average Bonchev–Trinajstić information content (AvgIpc) is 3.51. The molecule has 0 radical (unpaired) electrons. The van der Waals surface area contributed by atoms with E-state index in [-0.39, 0.29) is 0 Å². The largest absolute Gasteiger partial charge is 0.455 e. The van der Waals surface area contributed by atoms with Gasteiger partial charge in [-0.3, -0.25) is 4.98 Å². The SMILES string of the molecule is c1ccc(-c2ccnc3c2ccc2c(-c4ccccc4)cc(-c4ccc(-c5cccc6c5oc5ccccc56)cc4)nc23)cc1. The Labute approximate surface area is 260 Å². The number of rotatable bonds is 4. The van der Waals surface area contributed by atoms with Gasteiger partial charge in [0.25, 0.3) is 0 Å². The molecule has 9 rings (SSSR count). The lowest BCUT2D eigenvalue weighted by atomic mass is 9.94. The van der Waals surface area contributed by atoms with E-state index in [1.54, 1.807) is 0 Å². The topological polar surface area (TPSA) is 38.9 Å². The first-order chi connectivity index (χ1) is 22.3. The number of fused-ring (bicyclic) bond motifs is 6. The molecule has 3 aromatic heterocycles. The van der Waals surface area contributed by atoms with Crippen LogP contribution in [0.2, 0.25) is 0 Å². The van der Waals surface area contributed by atoms with Crippen LogP contribution < -0.4 is 0 Å². The third-order valence-electron chi connectivity index (χ3n) is 8.76. The molecule has 0 aliphatic rings. The van der Waals surface area contributed by atoms with Crippen molar-refractivity contribution in [3.8, 4) is 44.6 Å². The van der Waals surface area contributed by atoms with Gasteiger partial charge in [-0.1, -0.05) is 133 Å². The lowest BCUT2D eigenvalue weighted by Gasteiger charge is -2.14. The maximum atomic E-state index is 6.33. The second kappa shape index (κ2) is 10.3. The summed E-state index contributed by atoms with van der Waals surface area (Å²) in [4.78, 5) is 10.2. The quantitative estimate of drug-likeness (QED) is 0.196. The van der Waals surface area contributed by atoms with E-state index < -0.39 is 0 Å². The minimum Gasteiger partial charge on any atom is -0.455 e. The lowest BCUT2D eigenvalue weighted by Crippen LogP contribution is -1.93. The summed E-state index contributed by atoms with van der Waals surface area (Å²) in [6.07, 6.45) is 1.90. The summed E-state index contributed by atoms with van der Waals surface area (Å²) in [7, 11) is 0. The summed E-state index contributed by atoms with van der Waals surface area (Å²) >= 11 is 0. The van der Waals surface area contributed by atoms with Crippen LogP contribution in [0.1, 0.15) is 0 Å². The van der Waals surface area contributed by atoms with E-state index in [1.165, 1.54) is 5.56 Å². The van der Waals surface area contributed by atoms with Gasteiger partial charge in [-0.25, -0.2) is 4.98 Å². The Morgan fingerprint density at radius 3 is 1.80 bits per heavy atom. The summed E-state index contributed by atoms with van der Waals surface area (Å²) in [6.45, 7) is 0. The summed E-state index contributed by atoms with van der Waals surface area (Å²) in [5.41, 5.74) is 12.4. The Morgan fingerprint density at radius 2 is 1.02 bits per heavy atom. The highest BCUT2D eigenvalue weighted by molar-refractivity contribution is 6.13. The van der Waals surface area contributed by atoms with Crippen molar-refractivity contribution in [3.05, 3.63) is 158 Å². The van der Waals surface area contributed by atoms with Crippen molar-refractivity contribution in [2.75, 3.05) is 0 Å². The average molecular weight is 575 g/mol. The minimum atomic E-state index is 0.901. The van der Waals surface area contributed by atoms with Crippen LogP contribution in [0.3, 0.4) is 0 Å². The molecule has 0 saturated carbocycles. The van der Waals surface area contributed by atoms with E-state index in [9.17, 15) is 0 Å². The van der Waals surface area contributed by atoms with Gasteiger partial charge in [-0.05, 0) is 46.0 Å². The maximum absolute atomic E-state index is 6.33. The Morgan fingerprint density at radius 1 is 0.400 bits per heavy atom. The van der Waals surface area contributed by atoms with Crippen molar-refractivity contribution in [1.29, 1.82) is 0 Å². The van der Waals surface area contributed by atoms with Gasteiger partial charge in [0.1, 0.15) is 11.2 Å². The predicted octanol–water partition coefficient (Wildman–Crippen LogP) is 11.4. The Balaban J connectivity index is 1.23. The molecule has 210 valence electrons. The molecule has 3 heteroatoms. The van der Waals surface area contributed by atoms with Crippen molar-refractivity contribution in [3.63, 3.8) is 0 Å². The molecule has 0 aliphatic heterocycles. The molecule has 3 nitrogen and oxygen atoms in total. The molecule has 0 saturated heterocycles. The highest BCUT2D eigenvalue weighted by Gasteiger charge is 2.16. The molecule has 45 heavy (non-hydrogen) atoms. The fraction of sp³-hybridized carbons (Fsp3) is 0. The summed E-state index contributed by atoms with van der Waals surface area (Å²) < 4.78 is 6.33. The zero-order valence-corrected chi connectivity index (χ0v) is 24.3. The van der Waals surface area contributed by atoms with E-state index in [2.05, 4.69) is 133 Å². The molecule has 0 amide bonds. The van der Waals surface area contributed by atoms with Gasteiger partial charge in [0.15, 0.2) is 0 Å². The summed E-state index contributed by atoms with van der Waals surface area (Å²) in [6, 6.07) is 52.9. The molecule has 0 spiro atoms. The molecule has 9 aromatic rings. The van der Waals surface area contributed by atoms with Crippen molar-refractivity contribution < 1.29 is 4.42 Å². The zero-order chi connectivity index (χ0) is 29.7. The van der Waals surface area contributed by atoms with E-state index >= 15 is 0 Å². The molecular formula is C42H26N2O. The second-order valence-electron chi connectivity index (χ2n) is 11.4. The molecule has 0 unspecified atom stereocenters. The first kappa shape index (κ1) is 25.4. The fourth-order valence-corrected chi connectivity index (χ4v) is 6.57. The highest BCUT2D eigenvalue weighted by Crippen LogP contribution is 2.39. The molecule has 3 heterocycles. The standard InChI is InChI=1S/C42H26N2O/c1-3-10-27(11-4-1)31-24-25-43-40-34(31)22-23-35-37(28-12-5-2-6-13-28)26-38(44-41(35)40)30-20-18-29(19-21-30)32-15-9-16-36-33-14-7-8-17-39(33)45-42(32)36/h1-26H. The number of aromatic nitrogens is 2.